The van der Waals surface area contributed by atoms with E-state index in [2.05, 4.69) is 52.2 Å². The number of nitrogens with one attached hydrogen (secondary N) is 1. The van der Waals surface area contributed by atoms with Crippen LogP contribution < -0.4 is 5.69 Å². The molecule has 27 heavy (non-hydrogen) atoms. The fourth-order valence-corrected chi connectivity index (χ4v) is 4.12. The van der Waals surface area contributed by atoms with Gasteiger partial charge in [0.1, 0.15) is 0 Å². The number of hydrogen-bond acceptors (Lipinski definition) is 3. The Morgan fingerprint density at radius 1 is 1.04 bits per heavy atom. The number of imidazole rings is 1. The van der Waals surface area contributed by atoms with Gasteiger partial charge in [0.15, 0.2) is 0 Å². The summed E-state index contributed by atoms with van der Waals surface area (Å²) in [7, 11) is 2.19. The number of likely N-dealkylation sites (tertiary alicyclic amines) is 1. The molecule has 142 valence electrons. The molecule has 0 spiro atoms. The van der Waals surface area contributed by atoms with Gasteiger partial charge in [0.25, 0.3) is 0 Å². The van der Waals surface area contributed by atoms with E-state index in [4.69, 9.17) is 0 Å². The van der Waals surface area contributed by atoms with Crippen molar-refractivity contribution in [2.24, 2.45) is 0 Å². The summed E-state index contributed by atoms with van der Waals surface area (Å²) in [4.78, 5) is 20.3. The first-order valence-corrected chi connectivity index (χ1v) is 9.85. The van der Waals surface area contributed by atoms with E-state index in [0.717, 1.165) is 56.6 Å². The fraction of sp³-hybridized carbons (Fsp3) is 0.409. The molecule has 0 atom stereocenters. The highest BCUT2D eigenvalue weighted by Crippen LogP contribution is 2.24. The molecular weight excluding hydrogens is 336 g/mol. The Labute approximate surface area is 160 Å². The summed E-state index contributed by atoms with van der Waals surface area (Å²) in [6.45, 7) is 5.24. The van der Waals surface area contributed by atoms with Gasteiger partial charge < -0.3 is 14.8 Å². The van der Waals surface area contributed by atoms with Gasteiger partial charge in [-0.05, 0) is 37.6 Å². The van der Waals surface area contributed by atoms with Gasteiger partial charge >= 0.3 is 5.69 Å². The Morgan fingerprint density at radius 3 is 2.52 bits per heavy atom. The number of piperidine rings is 1. The molecule has 0 unspecified atom stereocenters. The van der Waals surface area contributed by atoms with Gasteiger partial charge in [-0.1, -0.05) is 42.5 Å². The molecular formula is C22H28N4O. The minimum atomic E-state index is 0.0252. The number of hydrogen-bond donors (Lipinski definition) is 1. The average Bonchev–Trinajstić information content (AvgIpc) is 3.03. The SMILES string of the molecule is CN(CCN1CCC(n2c(=O)[nH]c3ccccc32)CC1)Cc1ccccc1. The summed E-state index contributed by atoms with van der Waals surface area (Å²) < 4.78 is 1.97. The number of benzene rings is 2. The Hall–Kier alpha value is -2.37. The normalized spacial score (nSPS) is 16.4. The molecule has 1 N–H and O–H groups in total. The lowest BCUT2D eigenvalue weighted by atomic mass is 10.0. The first-order chi connectivity index (χ1) is 13.2. The summed E-state index contributed by atoms with van der Waals surface area (Å²) >= 11 is 0. The monoisotopic (exact) mass is 364 g/mol. The number of likely N-dealkylation sites (N-methyl/N-ethyl adjacent to an activating group) is 1. The molecule has 3 aromatic rings. The van der Waals surface area contributed by atoms with Crippen LogP contribution in [0.4, 0.5) is 0 Å². The Bertz CT molecular complexity index is 922. The van der Waals surface area contributed by atoms with Gasteiger partial charge in [-0.3, -0.25) is 4.57 Å². The molecule has 0 aliphatic carbocycles. The first kappa shape index (κ1) is 18.0. The number of aromatic amines is 1. The summed E-state index contributed by atoms with van der Waals surface area (Å²) in [5.41, 5.74) is 3.35. The molecule has 2 heterocycles. The molecule has 0 amide bonds. The lowest BCUT2D eigenvalue weighted by molar-refractivity contribution is 0.165. The van der Waals surface area contributed by atoms with Crippen molar-refractivity contribution in [1.29, 1.82) is 0 Å². The molecule has 0 bridgehead atoms. The first-order valence-electron chi connectivity index (χ1n) is 9.85. The molecule has 0 saturated carbocycles. The third kappa shape index (κ3) is 4.15. The van der Waals surface area contributed by atoms with Crippen LogP contribution in [-0.4, -0.2) is 52.6 Å². The van der Waals surface area contributed by atoms with Crippen LogP contribution in [-0.2, 0) is 6.54 Å². The van der Waals surface area contributed by atoms with Crippen molar-refractivity contribution < 1.29 is 0 Å². The predicted octanol–water partition coefficient (Wildman–Crippen LogP) is 3.10. The van der Waals surface area contributed by atoms with Gasteiger partial charge in [-0.15, -0.1) is 0 Å². The lowest BCUT2D eigenvalue weighted by Gasteiger charge is -2.33. The average molecular weight is 364 g/mol. The second-order valence-electron chi connectivity index (χ2n) is 7.61. The van der Waals surface area contributed by atoms with Gasteiger partial charge in [0.2, 0.25) is 0 Å². The Kier molecular flexibility index (Phi) is 5.41. The van der Waals surface area contributed by atoms with E-state index in [1.807, 2.05) is 28.8 Å². The predicted molar refractivity (Wildman–Crippen MR) is 110 cm³/mol. The van der Waals surface area contributed by atoms with Crippen molar-refractivity contribution in [3.63, 3.8) is 0 Å². The van der Waals surface area contributed by atoms with Crippen LogP contribution in [0.1, 0.15) is 24.4 Å². The van der Waals surface area contributed by atoms with E-state index in [1.54, 1.807) is 0 Å². The number of aromatic nitrogens is 2. The second kappa shape index (κ2) is 8.11. The summed E-state index contributed by atoms with van der Waals surface area (Å²) in [6.07, 6.45) is 2.06. The third-order valence-corrected chi connectivity index (χ3v) is 5.64. The van der Waals surface area contributed by atoms with Crippen LogP contribution in [0, 0.1) is 0 Å². The lowest BCUT2D eigenvalue weighted by Crippen LogP contribution is -2.40. The standard InChI is InChI=1S/C22H28N4O/c1-24(17-18-7-3-2-4-8-18)15-16-25-13-11-19(12-14-25)26-21-10-6-5-9-20(21)23-22(26)27/h2-10,19H,11-17H2,1H3,(H,23,27). The zero-order chi connectivity index (χ0) is 18.6. The van der Waals surface area contributed by atoms with Crippen LogP contribution in [0.5, 0.6) is 0 Å². The van der Waals surface area contributed by atoms with Crippen molar-refractivity contribution >= 4 is 11.0 Å². The minimum absolute atomic E-state index is 0.0252. The van der Waals surface area contributed by atoms with Crippen LogP contribution in [0.2, 0.25) is 0 Å². The molecule has 1 aromatic heterocycles. The fourth-order valence-electron chi connectivity index (χ4n) is 4.12. The van der Waals surface area contributed by atoms with Crippen molar-refractivity contribution in [2.45, 2.75) is 25.4 Å². The van der Waals surface area contributed by atoms with Gasteiger partial charge in [-0.2, -0.15) is 0 Å². The molecule has 4 rings (SSSR count). The number of para-hydroxylation sites is 2. The smallest absolute Gasteiger partial charge is 0.306 e. The van der Waals surface area contributed by atoms with E-state index in [1.165, 1.54) is 5.56 Å². The van der Waals surface area contributed by atoms with Crippen LogP contribution in [0.25, 0.3) is 11.0 Å². The third-order valence-electron chi connectivity index (χ3n) is 5.64. The second-order valence-corrected chi connectivity index (χ2v) is 7.61. The molecule has 5 heteroatoms. The van der Waals surface area contributed by atoms with Crippen LogP contribution in [0.3, 0.4) is 0 Å². The maximum atomic E-state index is 12.4. The van der Waals surface area contributed by atoms with E-state index >= 15 is 0 Å². The maximum Gasteiger partial charge on any atom is 0.326 e. The van der Waals surface area contributed by atoms with Crippen molar-refractivity contribution in [3.8, 4) is 0 Å². The number of fused-ring (bicyclic) bond motifs is 1. The van der Waals surface area contributed by atoms with E-state index in [0.29, 0.717) is 6.04 Å². The van der Waals surface area contributed by atoms with E-state index in [-0.39, 0.29) is 5.69 Å². The molecule has 0 radical (unpaired) electrons. The molecule has 1 aliphatic heterocycles. The highest BCUT2D eigenvalue weighted by atomic mass is 16.1. The largest absolute Gasteiger partial charge is 0.326 e. The summed E-state index contributed by atoms with van der Waals surface area (Å²) in [6, 6.07) is 18.9. The highest BCUT2D eigenvalue weighted by molar-refractivity contribution is 5.75. The molecule has 5 nitrogen and oxygen atoms in total. The van der Waals surface area contributed by atoms with Gasteiger partial charge in [0.05, 0.1) is 11.0 Å². The van der Waals surface area contributed by atoms with Crippen LogP contribution >= 0.6 is 0 Å². The Morgan fingerprint density at radius 2 is 1.74 bits per heavy atom. The van der Waals surface area contributed by atoms with Gasteiger partial charge in [-0.25, -0.2) is 4.79 Å². The molecule has 2 aromatic carbocycles. The summed E-state index contributed by atoms with van der Waals surface area (Å²) in [5, 5.41) is 0. The highest BCUT2D eigenvalue weighted by Gasteiger charge is 2.23. The zero-order valence-electron chi connectivity index (χ0n) is 16.0. The topological polar surface area (TPSA) is 44.3 Å². The Balaban J connectivity index is 1.30. The number of H-pyrrole nitrogens is 1. The van der Waals surface area contributed by atoms with E-state index < -0.39 is 0 Å². The van der Waals surface area contributed by atoms with Crippen molar-refractivity contribution in [2.75, 3.05) is 33.2 Å². The maximum absolute atomic E-state index is 12.4. The van der Waals surface area contributed by atoms with Crippen molar-refractivity contribution in [1.82, 2.24) is 19.4 Å². The quantitative estimate of drug-likeness (QED) is 0.731. The molecule has 1 fully saturated rings. The van der Waals surface area contributed by atoms with Gasteiger partial charge in [0, 0.05) is 38.8 Å². The minimum Gasteiger partial charge on any atom is -0.306 e. The van der Waals surface area contributed by atoms with E-state index in [9.17, 15) is 4.79 Å². The molecule has 1 saturated heterocycles. The summed E-state index contributed by atoms with van der Waals surface area (Å²) in [5.74, 6) is 0. The van der Waals surface area contributed by atoms with Crippen LogP contribution in [0.15, 0.2) is 59.4 Å². The van der Waals surface area contributed by atoms with Crippen molar-refractivity contribution in [3.05, 3.63) is 70.6 Å². The molecule has 1 aliphatic rings. The number of rotatable bonds is 6. The number of nitrogens with zero attached hydrogens (tertiary/aromatic N) is 3. The zero-order valence-corrected chi connectivity index (χ0v) is 16.0.